The van der Waals surface area contributed by atoms with Gasteiger partial charge in [-0.1, -0.05) is 11.6 Å². The highest BCUT2D eigenvalue weighted by atomic mass is 79.9. The third-order valence-electron chi connectivity index (χ3n) is 1.23. The molecule has 0 heterocycles. The van der Waals surface area contributed by atoms with E-state index in [1.54, 1.807) is 21.2 Å². The number of carboxylic acid groups (broad SMARTS) is 1. The second-order valence-electron chi connectivity index (χ2n) is 2.55. The molecular formula is C6H6BrClF3NO3. The first kappa shape index (κ1) is 14.5. The van der Waals surface area contributed by atoms with Crippen molar-refractivity contribution in [2.45, 2.75) is 16.4 Å². The van der Waals surface area contributed by atoms with Gasteiger partial charge in [-0.05, 0) is 15.9 Å². The Labute approximate surface area is 95.9 Å². The van der Waals surface area contributed by atoms with Gasteiger partial charge in [-0.15, -0.1) is 0 Å². The normalized spacial score (nSPS) is 15.5. The molecular weight excluding hydrogens is 306 g/mol. The smallest absolute Gasteiger partial charge is 0.348 e. The van der Waals surface area contributed by atoms with Gasteiger partial charge in [0.05, 0.1) is 6.42 Å². The van der Waals surface area contributed by atoms with Gasteiger partial charge >= 0.3 is 10.8 Å². The van der Waals surface area contributed by atoms with Crippen molar-refractivity contribution in [1.82, 2.24) is 5.32 Å². The molecule has 0 fully saturated rings. The molecule has 1 unspecified atom stereocenters. The third kappa shape index (κ3) is 5.22. The van der Waals surface area contributed by atoms with Gasteiger partial charge in [0.1, 0.15) is 6.54 Å². The molecule has 1 amide bonds. The predicted molar refractivity (Wildman–Crippen MR) is 48.8 cm³/mol. The number of nitrogens with one attached hydrogen (secondary N) is 1. The van der Waals surface area contributed by atoms with Crippen molar-refractivity contribution >= 4 is 39.4 Å². The van der Waals surface area contributed by atoms with Gasteiger partial charge in [0.15, 0.2) is 0 Å². The van der Waals surface area contributed by atoms with Crippen LogP contribution in [0.2, 0.25) is 0 Å². The highest BCUT2D eigenvalue weighted by molar-refractivity contribution is 9.10. The molecule has 2 N–H and O–H groups in total. The number of amides is 1. The minimum Gasteiger partial charge on any atom is -0.480 e. The number of halogens is 5. The molecule has 4 nitrogen and oxygen atoms in total. The molecule has 0 aliphatic rings. The topological polar surface area (TPSA) is 66.4 Å². The molecule has 1 atom stereocenters. The average molecular weight is 312 g/mol. The SMILES string of the molecule is O=C(O)CNC(=O)CC(F)(Cl)C(F)(F)Br. The van der Waals surface area contributed by atoms with Crippen LogP contribution in [0.1, 0.15) is 6.42 Å². The van der Waals surface area contributed by atoms with Gasteiger partial charge in [-0.25, -0.2) is 4.39 Å². The van der Waals surface area contributed by atoms with E-state index in [2.05, 4.69) is 0 Å². The molecule has 0 bridgehead atoms. The summed E-state index contributed by atoms with van der Waals surface area (Å²) in [7, 11) is 0. The van der Waals surface area contributed by atoms with Crippen LogP contribution in [0.3, 0.4) is 0 Å². The standard InChI is InChI=1S/C6H6BrClF3NO3/c7-6(10,11)5(8,9)1-3(13)12-2-4(14)15/h1-2H2,(H,12,13)(H,14,15). The summed E-state index contributed by atoms with van der Waals surface area (Å²) < 4.78 is 37.7. The number of rotatable bonds is 5. The summed E-state index contributed by atoms with van der Waals surface area (Å²) in [5.74, 6) is -2.61. The van der Waals surface area contributed by atoms with Crippen LogP contribution in [0.5, 0.6) is 0 Å². The molecule has 15 heavy (non-hydrogen) atoms. The van der Waals surface area contributed by atoms with E-state index < -0.39 is 34.8 Å². The summed E-state index contributed by atoms with van der Waals surface area (Å²) in [6.07, 6.45) is -1.36. The molecule has 0 rings (SSSR count). The number of alkyl halides is 5. The van der Waals surface area contributed by atoms with Crippen LogP contribution in [0.4, 0.5) is 13.2 Å². The van der Waals surface area contributed by atoms with Gasteiger partial charge in [0, 0.05) is 0 Å². The summed E-state index contributed by atoms with van der Waals surface area (Å²) in [6, 6.07) is 0. The molecule has 0 radical (unpaired) electrons. The Hall–Kier alpha value is -0.500. The Morgan fingerprint density at radius 3 is 2.20 bits per heavy atom. The largest absolute Gasteiger partial charge is 0.480 e. The van der Waals surface area contributed by atoms with E-state index in [1.807, 2.05) is 0 Å². The lowest BCUT2D eigenvalue weighted by Crippen LogP contribution is -2.40. The number of aliphatic carboxylic acids is 1. The van der Waals surface area contributed by atoms with E-state index in [4.69, 9.17) is 16.7 Å². The number of carbonyl (C=O) groups is 2. The van der Waals surface area contributed by atoms with E-state index >= 15 is 0 Å². The Balaban J connectivity index is 4.23. The minimum atomic E-state index is -4.08. The molecule has 0 aromatic rings. The molecule has 0 saturated heterocycles. The van der Waals surface area contributed by atoms with Gasteiger partial charge in [-0.2, -0.15) is 8.78 Å². The quantitative estimate of drug-likeness (QED) is 0.756. The van der Waals surface area contributed by atoms with Crippen molar-refractivity contribution in [3.63, 3.8) is 0 Å². The van der Waals surface area contributed by atoms with Crippen LogP contribution in [-0.2, 0) is 9.59 Å². The minimum absolute atomic E-state index is 0.792. The monoisotopic (exact) mass is 311 g/mol. The average Bonchev–Trinajstić information content (AvgIpc) is 1.97. The van der Waals surface area contributed by atoms with Crippen molar-refractivity contribution in [2.75, 3.05) is 6.54 Å². The van der Waals surface area contributed by atoms with Crippen molar-refractivity contribution in [3.8, 4) is 0 Å². The summed E-state index contributed by atoms with van der Waals surface area (Å²) in [5.41, 5.74) is 0. The van der Waals surface area contributed by atoms with Gasteiger partial charge in [-0.3, -0.25) is 9.59 Å². The van der Waals surface area contributed by atoms with Gasteiger partial charge in [0.2, 0.25) is 5.91 Å². The lowest BCUT2D eigenvalue weighted by molar-refractivity contribution is -0.138. The lowest BCUT2D eigenvalue weighted by Gasteiger charge is -2.22. The fourth-order valence-corrected chi connectivity index (χ4v) is 0.800. The molecule has 0 aromatic heterocycles. The second kappa shape index (κ2) is 5.02. The molecule has 9 heteroatoms. The van der Waals surface area contributed by atoms with Gasteiger partial charge in [0.25, 0.3) is 5.13 Å². The maximum atomic E-state index is 12.9. The molecule has 0 spiro atoms. The Bertz CT molecular complexity index is 269. The van der Waals surface area contributed by atoms with Crippen molar-refractivity contribution in [3.05, 3.63) is 0 Å². The van der Waals surface area contributed by atoms with Crippen molar-refractivity contribution < 1.29 is 27.9 Å². The van der Waals surface area contributed by atoms with E-state index in [0.29, 0.717) is 0 Å². The zero-order valence-corrected chi connectivity index (χ0v) is 9.41. The van der Waals surface area contributed by atoms with E-state index in [-0.39, 0.29) is 0 Å². The number of hydrogen-bond acceptors (Lipinski definition) is 2. The first-order valence-electron chi connectivity index (χ1n) is 3.49. The molecule has 0 aliphatic carbocycles. The van der Waals surface area contributed by atoms with E-state index in [0.717, 1.165) is 0 Å². The maximum absolute atomic E-state index is 12.9. The molecule has 0 aliphatic heterocycles. The summed E-state index contributed by atoms with van der Waals surface area (Å²) >= 11 is 6.42. The number of hydrogen-bond donors (Lipinski definition) is 2. The molecule has 0 aromatic carbocycles. The molecule has 0 saturated carbocycles. The van der Waals surface area contributed by atoms with E-state index in [9.17, 15) is 22.8 Å². The first-order valence-corrected chi connectivity index (χ1v) is 4.66. The third-order valence-corrected chi connectivity index (χ3v) is 2.46. The number of carbonyl (C=O) groups excluding carboxylic acids is 1. The Morgan fingerprint density at radius 2 is 1.87 bits per heavy atom. The van der Waals surface area contributed by atoms with E-state index in [1.165, 1.54) is 0 Å². The summed E-state index contributed by atoms with van der Waals surface area (Å²) in [5, 5.41) is 6.21. The predicted octanol–water partition coefficient (Wildman–Crippen LogP) is 1.47. The molecule has 88 valence electrons. The van der Waals surface area contributed by atoms with Crippen LogP contribution in [0.25, 0.3) is 0 Å². The van der Waals surface area contributed by atoms with Crippen molar-refractivity contribution in [1.29, 1.82) is 0 Å². The van der Waals surface area contributed by atoms with Crippen LogP contribution in [-0.4, -0.2) is 33.5 Å². The zero-order chi connectivity index (χ0) is 12.3. The van der Waals surface area contributed by atoms with Crippen LogP contribution in [0, 0.1) is 0 Å². The lowest BCUT2D eigenvalue weighted by atomic mass is 10.2. The van der Waals surface area contributed by atoms with Gasteiger partial charge < -0.3 is 10.4 Å². The second-order valence-corrected chi connectivity index (χ2v) is 4.14. The highest BCUT2D eigenvalue weighted by Crippen LogP contribution is 2.43. The summed E-state index contributed by atoms with van der Waals surface area (Å²) in [4.78, 5) is 16.6. The van der Waals surface area contributed by atoms with Crippen molar-refractivity contribution in [2.24, 2.45) is 0 Å². The fourth-order valence-electron chi connectivity index (χ4n) is 0.539. The maximum Gasteiger partial charge on any atom is 0.348 e. The highest BCUT2D eigenvalue weighted by Gasteiger charge is 2.53. The zero-order valence-electron chi connectivity index (χ0n) is 7.07. The number of carboxylic acids is 1. The summed E-state index contributed by atoms with van der Waals surface area (Å²) in [6.45, 7) is -0.792. The van der Waals surface area contributed by atoms with Crippen LogP contribution < -0.4 is 5.32 Å². The fraction of sp³-hybridized carbons (Fsp3) is 0.667. The Morgan fingerprint density at radius 1 is 1.40 bits per heavy atom. The van der Waals surface area contributed by atoms with Crippen LogP contribution >= 0.6 is 27.5 Å². The Kier molecular flexibility index (Phi) is 4.85. The van der Waals surface area contributed by atoms with Crippen LogP contribution in [0.15, 0.2) is 0 Å². The first-order chi connectivity index (χ1) is 6.56.